The lowest BCUT2D eigenvalue weighted by Gasteiger charge is -2.26. The molecule has 1 saturated heterocycles. The number of likely N-dealkylation sites (tertiary alicyclic amines) is 1. The van der Waals surface area contributed by atoms with Crippen LogP contribution in [0, 0.1) is 0 Å². The molecule has 2 amide bonds. The monoisotopic (exact) mass is 381 g/mol. The van der Waals surface area contributed by atoms with E-state index in [-0.39, 0.29) is 17.6 Å². The van der Waals surface area contributed by atoms with Gasteiger partial charge in [-0.3, -0.25) is 9.59 Å². The van der Waals surface area contributed by atoms with Crippen molar-refractivity contribution in [2.75, 3.05) is 13.1 Å². The zero-order chi connectivity index (χ0) is 19.9. The Labute approximate surface area is 165 Å². The highest BCUT2D eigenvalue weighted by molar-refractivity contribution is 5.90. The molecule has 2 aromatic carbocycles. The van der Waals surface area contributed by atoms with Gasteiger partial charge in [0.15, 0.2) is 0 Å². The van der Waals surface area contributed by atoms with Gasteiger partial charge in [0.1, 0.15) is 11.8 Å². The molecule has 1 aliphatic rings. The van der Waals surface area contributed by atoms with Crippen molar-refractivity contribution < 1.29 is 14.7 Å². The fourth-order valence-corrected chi connectivity index (χ4v) is 3.58. The predicted molar refractivity (Wildman–Crippen MR) is 108 cm³/mol. The van der Waals surface area contributed by atoms with Gasteiger partial charge in [0.25, 0.3) is 0 Å². The molecule has 0 aliphatic carbocycles. The Balaban J connectivity index is 1.52. The first-order valence-corrected chi connectivity index (χ1v) is 9.70. The minimum atomic E-state index is -0.706. The van der Waals surface area contributed by atoms with E-state index < -0.39 is 12.1 Å². The summed E-state index contributed by atoms with van der Waals surface area (Å²) in [7, 11) is 0. The highest BCUT2D eigenvalue weighted by Crippen LogP contribution is 2.19. The van der Waals surface area contributed by atoms with E-state index in [2.05, 4.69) is 5.32 Å². The molecule has 0 spiro atoms. The molecule has 0 aromatic heterocycles. The summed E-state index contributed by atoms with van der Waals surface area (Å²) >= 11 is 0. The Bertz CT molecular complexity index is 792. The van der Waals surface area contributed by atoms with Gasteiger partial charge in [0.2, 0.25) is 11.8 Å². The summed E-state index contributed by atoms with van der Waals surface area (Å²) in [5.41, 5.74) is 8.16. The lowest BCUT2D eigenvalue weighted by Crippen LogP contribution is -2.52. The standard InChI is InChI=1S/C22H27N3O3/c23-19(15-17-8-10-18(26)11-9-17)22(28)25-14-4-7-20(25)21(27)24-13-12-16-5-2-1-3-6-16/h1-3,5-6,8-11,19-20,26H,4,7,12-15,23H2,(H,24,27)/t19-,20-/m0/s1. The van der Waals surface area contributed by atoms with Crippen molar-refractivity contribution in [2.24, 2.45) is 5.73 Å². The molecule has 2 atom stereocenters. The maximum absolute atomic E-state index is 12.8. The van der Waals surface area contributed by atoms with Gasteiger partial charge in [-0.1, -0.05) is 42.5 Å². The summed E-state index contributed by atoms with van der Waals surface area (Å²) < 4.78 is 0. The number of hydrogen-bond donors (Lipinski definition) is 3. The van der Waals surface area contributed by atoms with Crippen molar-refractivity contribution in [3.05, 3.63) is 65.7 Å². The Morgan fingerprint density at radius 3 is 2.54 bits per heavy atom. The van der Waals surface area contributed by atoms with Crippen LogP contribution in [0.1, 0.15) is 24.0 Å². The van der Waals surface area contributed by atoms with Gasteiger partial charge in [-0.2, -0.15) is 0 Å². The number of amides is 2. The fourth-order valence-electron chi connectivity index (χ4n) is 3.58. The minimum Gasteiger partial charge on any atom is -0.508 e. The Morgan fingerprint density at radius 1 is 1.11 bits per heavy atom. The van der Waals surface area contributed by atoms with Crippen LogP contribution in [-0.4, -0.2) is 47.0 Å². The first-order chi connectivity index (χ1) is 13.5. The number of nitrogens with zero attached hydrogens (tertiary/aromatic N) is 1. The number of rotatable bonds is 7. The van der Waals surface area contributed by atoms with Crippen molar-refractivity contribution in [3.8, 4) is 5.75 Å². The zero-order valence-corrected chi connectivity index (χ0v) is 15.9. The number of phenols is 1. The van der Waals surface area contributed by atoms with E-state index in [1.807, 2.05) is 30.3 Å². The molecular weight excluding hydrogens is 354 g/mol. The number of aromatic hydroxyl groups is 1. The van der Waals surface area contributed by atoms with Crippen LogP contribution in [0.2, 0.25) is 0 Å². The summed E-state index contributed by atoms with van der Waals surface area (Å²) in [5, 5.41) is 12.3. The molecule has 1 fully saturated rings. The summed E-state index contributed by atoms with van der Waals surface area (Å²) in [4.78, 5) is 27.0. The second-order valence-electron chi connectivity index (χ2n) is 7.19. The normalized spacial score (nSPS) is 17.3. The molecule has 0 bridgehead atoms. The van der Waals surface area contributed by atoms with Gasteiger partial charge < -0.3 is 21.1 Å². The number of nitrogens with two attached hydrogens (primary N) is 1. The molecule has 4 N–H and O–H groups in total. The van der Waals surface area contributed by atoms with Gasteiger partial charge >= 0.3 is 0 Å². The molecule has 6 heteroatoms. The molecule has 0 unspecified atom stereocenters. The fraction of sp³-hybridized carbons (Fsp3) is 0.364. The third kappa shape index (κ3) is 5.10. The van der Waals surface area contributed by atoms with Gasteiger partial charge in [0.05, 0.1) is 6.04 Å². The Hall–Kier alpha value is -2.86. The van der Waals surface area contributed by atoms with Gasteiger partial charge in [0, 0.05) is 13.1 Å². The number of carbonyl (C=O) groups is 2. The van der Waals surface area contributed by atoms with Crippen LogP contribution in [0.15, 0.2) is 54.6 Å². The quantitative estimate of drug-likeness (QED) is 0.679. The minimum absolute atomic E-state index is 0.112. The van der Waals surface area contributed by atoms with Gasteiger partial charge in [-0.05, 0) is 48.9 Å². The average molecular weight is 381 g/mol. The largest absolute Gasteiger partial charge is 0.508 e. The number of benzene rings is 2. The van der Waals surface area contributed by atoms with Crippen LogP contribution >= 0.6 is 0 Å². The zero-order valence-electron chi connectivity index (χ0n) is 15.9. The topological polar surface area (TPSA) is 95.7 Å². The van der Waals surface area contributed by atoms with E-state index in [1.54, 1.807) is 29.2 Å². The van der Waals surface area contributed by atoms with E-state index in [9.17, 15) is 14.7 Å². The third-order valence-corrected chi connectivity index (χ3v) is 5.10. The van der Waals surface area contributed by atoms with Crippen LogP contribution in [0.3, 0.4) is 0 Å². The molecule has 3 rings (SSSR count). The first kappa shape index (κ1) is 19.9. The molecule has 28 heavy (non-hydrogen) atoms. The van der Waals surface area contributed by atoms with Crippen molar-refractivity contribution in [2.45, 2.75) is 37.8 Å². The summed E-state index contributed by atoms with van der Waals surface area (Å²) in [6.45, 7) is 1.10. The maximum Gasteiger partial charge on any atom is 0.242 e. The lowest BCUT2D eigenvalue weighted by atomic mass is 10.0. The van der Waals surface area contributed by atoms with Crippen molar-refractivity contribution in [1.29, 1.82) is 0 Å². The van der Waals surface area contributed by atoms with Crippen molar-refractivity contribution in [3.63, 3.8) is 0 Å². The molecular formula is C22H27N3O3. The number of phenolic OH excluding ortho intramolecular Hbond substituents is 1. The number of nitrogens with one attached hydrogen (secondary N) is 1. The Morgan fingerprint density at radius 2 is 1.82 bits per heavy atom. The van der Waals surface area contributed by atoms with Crippen LogP contribution in [0.25, 0.3) is 0 Å². The molecule has 0 saturated carbocycles. The predicted octanol–water partition coefficient (Wildman–Crippen LogP) is 1.61. The highest BCUT2D eigenvalue weighted by Gasteiger charge is 2.35. The lowest BCUT2D eigenvalue weighted by molar-refractivity contribution is -0.139. The smallest absolute Gasteiger partial charge is 0.242 e. The van der Waals surface area contributed by atoms with Crippen LogP contribution in [0.5, 0.6) is 5.75 Å². The van der Waals surface area contributed by atoms with Gasteiger partial charge in [-0.15, -0.1) is 0 Å². The van der Waals surface area contributed by atoms with E-state index in [0.29, 0.717) is 25.9 Å². The van der Waals surface area contributed by atoms with E-state index in [0.717, 1.165) is 24.0 Å². The second kappa shape index (κ2) is 9.37. The molecule has 2 aromatic rings. The Kier molecular flexibility index (Phi) is 6.66. The van der Waals surface area contributed by atoms with Crippen molar-refractivity contribution in [1.82, 2.24) is 10.2 Å². The average Bonchev–Trinajstić information content (AvgIpc) is 3.20. The molecule has 1 heterocycles. The number of carbonyl (C=O) groups excluding carboxylic acids is 2. The molecule has 0 radical (unpaired) electrons. The van der Waals surface area contributed by atoms with Crippen LogP contribution in [-0.2, 0) is 22.4 Å². The van der Waals surface area contributed by atoms with Crippen molar-refractivity contribution >= 4 is 11.8 Å². The second-order valence-corrected chi connectivity index (χ2v) is 7.19. The number of hydrogen-bond acceptors (Lipinski definition) is 4. The molecule has 6 nitrogen and oxygen atoms in total. The molecule has 148 valence electrons. The van der Waals surface area contributed by atoms with E-state index >= 15 is 0 Å². The SMILES string of the molecule is N[C@@H](Cc1ccc(O)cc1)C(=O)N1CCC[C@H]1C(=O)NCCc1ccccc1. The summed E-state index contributed by atoms with van der Waals surface area (Å²) in [5.74, 6) is -0.136. The first-order valence-electron chi connectivity index (χ1n) is 9.70. The third-order valence-electron chi connectivity index (χ3n) is 5.10. The van der Waals surface area contributed by atoms with Crippen LogP contribution in [0.4, 0.5) is 0 Å². The van der Waals surface area contributed by atoms with Gasteiger partial charge in [-0.25, -0.2) is 0 Å². The van der Waals surface area contributed by atoms with E-state index in [1.165, 1.54) is 0 Å². The summed E-state index contributed by atoms with van der Waals surface area (Å²) in [6.07, 6.45) is 2.59. The highest BCUT2D eigenvalue weighted by atomic mass is 16.3. The molecule has 1 aliphatic heterocycles. The summed E-state index contributed by atoms with van der Waals surface area (Å²) in [6, 6.07) is 15.5. The maximum atomic E-state index is 12.8. The van der Waals surface area contributed by atoms with E-state index in [4.69, 9.17) is 5.73 Å². The van der Waals surface area contributed by atoms with Crippen LogP contribution < -0.4 is 11.1 Å².